The highest BCUT2D eigenvalue weighted by atomic mass is 35.5. The molecule has 1 aromatic heterocycles. The van der Waals surface area contributed by atoms with Crippen LogP contribution in [0.4, 0.5) is 0 Å². The Bertz CT molecular complexity index is 307. The molecule has 0 saturated heterocycles. The van der Waals surface area contributed by atoms with Gasteiger partial charge in [-0.3, -0.25) is 4.79 Å². The van der Waals surface area contributed by atoms with E-state index in [0.29, 0.717) is 16.0 Å². The van der Waals surface area contributed by atoms with E-state index in [1.165, 1.54) is 11.3 Å². The molecule has 0 N–H and O–H groups in total. The van der Waals surface area contributed by atoms with Gasteiger partial charge < -0.3 is 0 Å². The van der Waals surface area contributed by atoms with Crippen LogP contribution in [0.15, 0.2) is 12.1 Å². The highest BCUT2D eigenvalue weighted by Gasteiger charge is 2.08. The number of ketones is 1. The molecule has 0 aliphatic rings. The molecule has 0 bridgehead atoms. The number of carbonyl (C=O) groups excluding carboxylic acids is 1. The Labute approximate surface area is 97.8 Å². The third-order valence-corrected chi connectivity index (χ3v) is 4.17. The Hall–Kier alpha value is 0.01000. The van der Waals surface area contributed by atoms with Crippen molar-refractivity contribution >= 4 is 40.5 Å². The highest BCUT2D eigenvalue weighted by molar-refractivity contribution is 8.00. The van der Waals surface area contributed by atoms with E-state index in [1.54, 1.807) is 23.9 Å². The Morgan fingerprint density at radius 3 is 2.79 bits per heavy atom. The number of halogens is 1. The molecule has 0 saturated carbocycles. The molecule has 0 aliphatic carbocycles. The summed E-state index contributed by atoms with van der Waals surface area (Å²) in [5.74, 6) is 2.42. The van der Waals surface area contributed by atoms with Gasteiger partial charge in [-0.05, 0) is 23.8 Å². The minimum Gasteiger partial charge on any atom is -0.292 e. The lowest BCUT2D eigenvalue weighted by Crippen LogP contribution is -2.02. The van der Waals surface area contributed by atoms with Crippen molar-refractivity contribution in [3.63, 3.8) is 0 Å². The number of hydrogen-bond donors (Lipinski definition) is 0. The lowest BCUT2D eigenvalue weighted by molar-refractivity contribution is 0.102. The van der Waals surface area contributed by atoms with E-state index in [0.717, 1.165) is 10.6 Å². The summed E-state index contributed by atoms with van der Waals surface area (Å²) >= 11 is 8.79. The van der Waals surface area contributed by atoms with Crippen molar-refractivity contribution in [3.8, 4) is 0 Å². The van der Waals surface area contributed by atoms with Crippen molar-refractivity contribution in [1.82, 2.24) is 0 Å². The van der Waals surface area contributed by atoms with Gasteiger partial charge in [0, 0.05) is 0 Å². The van der Waals surface area contributed by atoms with Crippen LogP contribution in [0.3, 0.4) is 0 Å². The maximum Gasteiger partial charge on any atom is 0.182 e. The van der Waals surface area contributed by atoms with E-state index in [1.807, 2.05) is 0 Å². The van der Waals surface area contributed by atoms with E-state index >= 15 is 0 Å². The van der Waals surface area contributed by atoms with Gasteiger partial charge in [-0.25, -0.2) is 0 Å². The zero-order valence-electron chi connectivity index (χ0n) is 8.25. The number of carbonyl (C=O) groups is 1. The van der Waals surface area contributed by atoms with Gasteiger partial charge in [0.1, 0.15) is 0 Å². The standard InChI is InChI=1S/C10H13ClOS2/c1-7(2)5-13-6-8(12)9-3-4-10(11)14-9/h3-4,7H,5-6H2,1-2H3. The van der Waals surface area contributed by atoms with Gasteiger partial charge in [0.2, 0.25) is 0 Å². The van der Waals surface area contributed by atoms with Gasteiger partial charge in [-0.15, -0.1) is 11.3 Å². The highest BCUT2D eigenvalue weighted by Crippen LogP contribution is 2.23. The fraction of sp³-hybridized carbons (Fsp3) is 0.500. The topological polar surface area (TPSA) is 17.1 Å². The number of thiophene rings is 1. The average molecular weight is 249 g/mol. The van der Waals surface area contributed by atoms with Crippen molar-refractivity contribution in [2.24, 2.45) is 5.92 Å². The number of Topliss-reactive ketones (excluding diaryl/α,β-unsaturated/α-hetero) is 1. The Kier molecular flexibility index (Phi) is 4.99. The van der Waals surface area contributed by atoms with Gasteiger partial charge in [0.05, 0.1) is 15.0 Å². The van der Waals surface area contributed by atoms with Gasteiger partial charge in [-0.2, -0.15) is 11.8 Å². The number of hydrogen-bond acceptors (Lipinski definition) is 3. The third-order valence-electron chi connectivity index (χ3n) is 1.53. The minimum atomic E-state index is 0.188. The fourth-order valence-corrected chi connectivity index (χ4v) is 2.92. The summed E-state index contributed by atoms with van der Waals surface area (Å²) in [6, 6.07) is 3.57. The predicted molar refractivity (Wildman–Crippen MR) is 65.8 cm³/mol. The molecule has 14 heavy (non-hydrogen) atoms. The van der Waals surface area contributed by atoms with Crippen LogP contribution in [0.5, 0.6) is 0 Å². The largest absolute Gasteiger partial charge is 0.292 e. The van der Waals surface area contributed by atoms with Gasteiger partial charge in [0.15, 0.2) is 5.78 Å². The molecule has 0 aliphatic heterocycles. The molecule has 0 spiro atoms. The summed E-state index contributed by atoms with van der Waals surface area (Å²) < 4.78 is 0.683. The van der Waals surface area contributed by atoms with Gasteiger partial charge >= 0.3 is 0 Å². The lowest BCUT2D eigenvalue weighted by atomic mass is 10.3. The lowest BCUT2D eigenvalue weighted by Gasteiger charge is -2.02. The third kappa shape index (κ3) is 4.03. The molecule has 1 aromatic rings. The normalized spacial score (nSPS) is 10.9. The van der Waals surface area contributed by atoms with Crippen LogP contribution in [0.25, 0.3) is 0 Å². The van der Waals surface area contributed by atoms with E-state index in [2.05, 4.69) is 13.8 Å². The number of rotatable bonds is 5. The molecule has 0 amide bonds. The quantitative estimate of drug-likeness (QED) is 0.734. The first kappa shape index (κ1) is 12.1. The van der Waals surface area contributed by atoms with Crippen LogP contribution in [0.2, 0.25) is 4.34 Å². The van der Waals surface area contributed by atoms with E-state index < -0.39 is 0 Å². The van der Waals surface area contributed by atoms with Crippen LogP contribution >= 0.6 is 34.7 Å². The van der Waals surface area contributed by atoms with Gasteiger partial charge in [0.25, 0.3) is 0 Å². The maximum atomic E-state index is 11.6. The first-order valence-electron chi connectivity index (χ1n) is 4.46. The van der Waals surface area contributed by atoms with Crippen LogP contribution in [-0.4, -0.2) is 17.3 Å². The summed E-state index contributed by atoms with van der Waals surface area (Å²) in [5.41, 5.74) is 0. The average Bonchev–Trinajstić information content (AvgIpc) is 2.51. The Morgan fingerprint density at radius 1 is 1.57 bits per heavy atom. The fourth-order valence-electron chi connectivity index (χ4n) is 0.923. The zero-order valence-corrected chi connectivity index (χ0v) is 10.6. The zero-order chi connectivity index (χ0) is 10.6. The molecule has 4 heteroatoms. The smallest absolute Gasteiger partial charge is 0.182 e. The van der Waals surface area contributed by atoms with E-state index in [-0.39, 0.29) is 5.78 Å². The summed E-state index contributed by atoms with van der Waals surface area (Å²) in [7, 11) is 0. The molecule has 0 radical (unpaired) electrons. The van der Waals surface area contributed by atoms with Crippen molar-refractivity contribution in [3.05, 3.63) is 21.3 Å². The SMILES string of the molecule is CC(C)CSCC(=O)c1ccc(Cl)s1. The molecule has 0 atom stereocenters. The van der Waals surface area contributed by atoms with E-state index in [4.69, 9.17) is 11.6 Å². The Morgan fingerprint density at radius 2 is 2.29 bits per heavy atom. The summed E-state index contributed by atoms with van der Waals surface area (Å²) in [4.78, 5) is 12.3. The van der Waals surface area contributed by atoms with Crippen molar-refractivity contribution < 1.29 is 4.79 Å². The van der Waals surface area contributed by atoms with Crippen molar-refractivity contribution in [2.45, 2.75) is 13.8 Å². The first-order chi connectivity index (χ1) is 6.59. The van der Waals surface area contributed by atoms with Crippen molar-refractivity contribution in [1.29, 1.82) is 0 Å². The summed E-state index contributed by atoms with van der Waals surface area (Å²) in [6.07, 6.45) is 0. The molecule has 78 valence electrons. The van der Waals surface area contributed by atoms with Crippen LogP contribution in [0.1, 0.15) is 23.5 Å². The number of thioether (sulfide) groups is 1. The second-order valence-corrected chi connectivity index (χ2v) is 6.18. The molecule has 0 unspecified atom stereocenters. The van der Waals surface area contributed by atoms with Crippen LogP contribution in [0, 0.1) is 5.92 Å². The van der Waals surface area contributed by atoms with Gasteiger partial charge in [-0.1, -0.05) is 25.4 Å². The Balaban J connectivity index is 2.36. The predicted octanol–water partition coefficient (Wildman–Crippen LogP) is 3.97. The monoisotopic (exact) mass is 248 g/mol. The molecule has 0 aromatic carbocycles. The molecule has 1 heterocycles. The summed E-state index contributed by atoms with van der Waals surface area (Å²) in [5, 5.41) is 0. The summed E-state index contributed by atoms with van der Waals surface area (Å²) in [6.45, 7) is 4.30. The first-order valence-corrected chi connectivity index (χ1v) is 6.81. The van der Waals surface area contributed by atoms with Crippen molar-refractivity contribution in [2.75, 3.05) is 11.5 Å². The molecular weight excluding hydrogens is 236 g/mol. The van der Waals surface area contributed by atoms with Crippen LogP contribution < -0.4 is 0 Å². The van der Waals surface area contributed by atoms with E-state index in [9.17, 15) is 4.79 Å². The molecule has 0 fully saturated rings. The second-order valence-electron chi connectivity index (χ2n) is 3.44. The molecule has 1 nitrogen and oxygen atoms in total. The molecule has 1 rings (SSSR count). The van der Waals surface area contributed by atoms with Crippen LogP contribution in [-0.2, 0) is 0 Å². The second kappa shape index (κ2) is 5.79. The molecular formula is C10H13ClOS2. The maximum absolute atomic E-state index is 11.6. The minimum absolute atomic E-state index is 0.188.